The van der Waals surface area contributed by atoms with Crippen molar-refractivity contribution in [3.8, 4) is 0 Å². The van der Waals surface area contributed by atoms with E-state index in [1.54, 1.807) is 0 Å². The number of hydrogen-bond acceptors (Lipinski definition) is 5. The third-order valence-corrected chi connectivity index (χ3v) is 4.32. The Hall–Kier alpha value is 0.700. The van der Waals surface area contributed by atoms with Crippen LogP contribution in [0, 0.1) is 0 Å². The van der Waals surface area contributed by atoms with Gasteiger partial charge in [-0.15, -0.1) is 0 Å². The number of carboxylic acids is 2. The Morgan fingerprint density at radius 2 is 1.31 bits per heavy atom. The SMILES string of the molecule is CCCCCCCCCCCC(=O)N(Cl)[C@@H](CCC(=O)[O-])C(=O)[O-].[Na+].[Na+]. The molecule has 1 atom stereocenters. The Bertz CT molecular complexity index is 399. The largest absolute Gasteiger partial charge is 1.00 e. The quantitative estimate of drug-likeness (QED) is 0.155. The first-order valence-electron chi connectivity index (χ1n) is 8.78. The fourth-order valence-electron chi connectivity index (χ4n) is 2.45. The molecule has 6 nitrogen and oxygen atoms in total. The zero-order chi connectivity index (χ0) is 18.4. The summed E-state index contributed by atoms with van der Waals surface area (Å²) in [7, 11) is 0. The zero-order valence-electron chi connectivity index (χ0n) is 16.4. The van der Waals surface area contributed by atoms with Crippen LogP contribution in [0.1, 0.15) is 84.0 Å². The van der Waals surface area contributed by atoms with E-state index in [1.165, 1.54) is 32.1 Å². The summed E-state index contributed by atoms with van der Waals surface area (Å²) < 4.78 is 0.559. The Balaban J connectivity index is -0.00000264. The molecule has 0 bridgehead atoms. The van der Waals surface area contributed by atoms with Crippen LogP contribution in [0.25, 0.3) is 0 Å². The molecule has 0 aromatic heterocycles. The second kappa shape index (κ2) is 20.4. The third-order valence-electron chi connectivity index (χ3n) is 3.90. The van der Waals surface area contributed by atoms with Gasteiger partial charge < -0.3 is 19.8 Å². The van der Waals surface area contributed by atoms with Crippen LogP contribution < -0.4 is 69.3 Å². The van der Waals surface area contributed by atoms with Crippen LogP contribution in [-0.2, 0) is 14.4 Å². The van der Waals surface area contributed by atoms with Crippen LogP contribution in [-0.4, -0.2) is 28.3 Å². The van der Waals surface area contributed by atoms with Gasteiger partial charge in [-0.05, 0) is 19.3 Å². The number of aliphatic carboxylic acids is 2. The van der Waals surface area contributed by atoms with Gasteiger partial charge in [-0.25, -0.2) is 4.42 Å². The Kier molecular flexibility index (Phi) is 24.7. The maximum atomic E-state index is 11.9. The van der Waals surface area contributed by atoms with Gasteiger partial charge in [0.1, 0.15) is 0 Å². The van der Waals surface area contributed by atoms with Crippen molar-refractivity contribution in [3.63, 3.8) is 0 Å². The number of carbonyl (C=O) groups excluding carboxylic acids is 3. The molecule has 0 saturated heterocycles. The Morgan fingerprint density at radius 3 is 1.73 bits per heavy atom. The summed E-state index contributed by atoms with van der Waals surface area (Å²) in [5, 5.41) is 21.4. The normalized spacial score (nSPS) is 11.0. The van der Waals surface area contributed by atoms with Crippen molar-refractivity contribution >= 4 is 29.6 Å². The summed E-state index contributed by atoms with van der Waals surface area (Å²) in [6, 6.07) is -1.45. The van der Waals surface area contributed by atoms with E-state index in [4.69, 9.17) is 11.8 Å². The molecule has 0 N–H and O–H groups in total. The minimum atomic E-state index is -1.56. The summed E-state index contributed by atoms with van der Waals surface area (Å²) in [5.41, 5.74) is 0. The van der Waals surface area contributed by atoms with Crippen LogP contribution >= 0.6 is 11.8 Å². The molecule has 26 heavy (non-hydrogen) atoms. The summed E-state index contributed by atoms with van der Waals surface area (Å²) in [4.78, 5) is 33.3. The average molecular weight is 408 g/mol. The van der Waals surface area contributed by atoms with Crippen molar-refractivity contribution in [1.82, 2.24) is 4.42 Å². The monoisotopic (exact) mass is 407 g/mol. The van der Waals surface area contributed by atoms with Crippen molar-refractivity contribution in [1.29, 1.82) is 0 Å². The number of carboxylic acid groups (broad SMARTS) is 2. The molecular weight excluding hydrogens is 380 g/mol. The van der Waals surface area contributed by atoms with Crippen LogP contribution in [0.15, 0.2) is 0 Å². The molecule has 0 fully saturated rings. The van der Waals surface area contributed by atoms with Crippen LogP contribution in [0.4, 0.5) is 0 Å². The number of rotatable bonds is 15. The van der Waals surface area contributed by atoms with Gasteiger partial charge in [-0.2, -0.15) is 0 Å². The first kappa shape index (κ1) is 31.4. The van der Waals surface area contributed by atoms with Gasteiger partial charge in [0.2, 0.25) is 5.91 Å². The number of halogens is 1. The van der Waals surface area contributed by atoms with Crippen molar-refractivity contribution in [2.45, 2.75) is 90.0 Å². The topological polar surface area (TPSA) is 101 Å². The number of hydrogen-bond donors (Lipinski definition) is 0. The minimum Gasteiger partial charge on any atom is -0.550 e. The fraction of sp³-hybridized carbons (Fsp3) is 0.824. The van der Waals surface area contributed by atoms with Gasteiger partial charge in [-0.1, -0.05) is 58.3 Å². The first-order valence-corrected chi connectivity index (χ1v) is 9.12. The molecule has 0 aromatic carbocycles. The van der Waals surface area contributed by atoms with Crippen LogP contribution in [0.2, 0.25) is 0 Å². The number of amides is 1. The second-order valence-corrected chi connectivity index (χ2v) is 6.39. The van der Waals surface area contributed by atoms with Gasteiger partial charge in [0.15, 0.2) is 0 Å². The molecule has 0 spiro atoms. The van der Waals surface area contributed by atoms with Crippen LogP contribution in [0.3, 0.4) is 0 Å². The predicted octanol–water partition coefficient (Wildman–Crippen LogP) is -4.45. The van der Waals surface area contributed by atoms with E-state index in [0.717, 1.165) is 19.3 Å². The van der Waals surface area contributed by atoms with Gasteiger partial charge in [0.05, 0.1) is 12.0 Å². The summed E-state index contributed by atoms with van der Waals surface area (Å²) in [5.74, 6) is -3.48. The molecule has 0 aliphatic carbocycles. The van der Waals surface area contributed by atoms with Gasteiger partial charge in [0, 0.05) is 24.2 Å². The van der Waals surface area contributed by atoms with Gasteiger partial charge >= 0.3 is 59.1 Å². The molecule has 1 amide bonds. The zero-order valence-corrected chi connectivity index (χ0v) is 21.2. The third kappa shape index (κ3) is 16.8. The molecule has 0 aliphatic rings. The smallest absolute Gasteiger partial charge is 0.550 e. The molecule has 0 aliphatic heterocycles. The van der Waals surface area contributed by atoms with E-state index in [0.29, 0.717) is 10.8 Å². The average Bonchev–Trinajstić information content (AvgIpc) is 2.52. The van der Waals surface area contributed by atoms with E-state index in [-0.39, 0.29) is 72.0 Å². The molecule has 9 heteroatoms. The maximum Gasteiger partial charge on any atom is 1.00 e. The molecule has 0 heterocycles. The first-order chi connectivity index (χ1) is 11.4. The van der Waals surface area contributed by atoms with Gasteiger partial charge in [0.25, 0.3) is 0 Å². The minimum absolute atomic E-state index is 0. The maximum absolute atomic E-state index is 11.9. The molecular formula is C17H28ClNNa2O5. The van der Waals surface area contributed by atoms with E-state index < -0.39 is 30.3 Å². The fourth-order valence-corrected chi connectivity index (χ4v) is 2.71. The van der Waals surface area contributed by atoms with E-state index in [1.807, 2.05) is 0 Å². The summed E-state index contributed by atoms with van der Waals surface area (Å²) in [6.07, 6.45) is 9.25. The van der Waals surface area contributed by atoms with Crippen molar-refractivity contribution in [2.24, 2.45) is 0 Å². The van der Waals surface area contributed by atoms with Crippen molar-refractivity contribution in [3.05, 3.63) is 0 Å². The van der Waals surface area contributed by atoms with Crippen molar-refractivity contribution in [2.75, 3.05) is 0 Å². The Labute approximate surface area is 206 Å². The second-order valence-electron chi connectivity index (χ2n) is 6.03. The molecule has 140 valence electrons. The van der Waals surface area contributed by atoms with E-state index >= 15 is 0 Å². The summed E-state index contributed by atoms with van der Waals surface area (Å²) in [6.45, 7) is 2.18. The number of nitrogens with zero attached hydrogens (tertiary/aromatic N) is 1. The predicted molar refractivity (Wildman–Crippen MR) is 87.6 cm³/mol. The molecule has 0 radical (unpaired) electrons. The number of carbonyl (C=O) groups is 3. The Morgan fingerprint density at radius 1 is 0.846 bits per heavy atom. The van der Waals surface area contributed by atoms with Crippen LogP contribution in [0.5, 0.6) is 0 Å². The molecule has 0 unspecified atom stereocenters. The standard InChI is InChI=1S/C17H30ClNO5.2Na/c1-2-3-4-5-6-7-8-9-10-11-15(20)19(18)14(17(23)24)12-13-16(21)22;;/h14H,2-13H2,1H3,(H,21,22)(H,23,24);;/q;2*+1/p-2/t14-;;/m0../s1. The van der Waals surface area contributed by atoms with E-state index in [2.05, 4.69) is 6.92 Å². The molecule has 0 saturated carbocycles. The molecule has 0 rings (SSSR count). The van der Waals surface area contributed by atoms with Gasteiger partial charge in [-0.3, -0.25) is 4.79 Å². The van der Waals surface area contributed by atoms with E-state index in [9.17, 15) is 24.6 Å². The van der Waals surface area contributed by atoms with Crippen molar-refractivity contribution < 1.29 is 83.7 Å². The summed E-state index contributed by atoms with van der Waals surface area (Å²) >= 11 is 5.74. The number of unbranched alkanes of at least 4 members (excludes halogenated alkanes) is 8. The molecule has 0 aromatic rings.